The molecular weight excluding hydrogens is 230 g/mol. The molecule has 1 aromatic rings. The van der Waals surface area contributed by atoms with Gasteiger partial charge in [-0.1, -0.05) is 6.92 Å². The standard InChI is InChI=1S/C13H25N3O2/c1-5-8-14-11(12-15-9-10-16(12)4)13(17-6-2)18-7-3/h9-11,13-14H,5-8H2,1-4H3. The highest BCUT2D eigenvalue weighted by atomic mass is 16.7. The zero-order valence-electron chi connectivity index (χ0n) is 11.8. The first-order chi connectivity index (χ1) is 8.74. The first-order valence-electron chi connectivity index (χ1n) is 6.68. The molecule has 0 aromatic carbocycles. The summed E-state index contributed by atoms with van der Waals surface area (Å²) >= 11 is 0. The molecule has 18 heavy (non-hydrogen) atoms. The second kappa shape index (κ2) is 8.24. The summed E-state index contributed by atoms with van der Waals surface area (Å²) in [5.41, 5.74) is 0. The Morgan fingerprint density at radius 1 is 1.28 bits per heavy atom. The van der Waals surface area contributed by atoms with Crippen LogP contribution in [-0.2, 0) is 16.5 Å². The molecule has 0 radical (unpaired) electrons. The molecule has 1 unspecified atom stereocenters. The molecule has 0 bridgehead atoms. The number of nitrogens with one attached hydrogen (secondary N) is 1. The summed E-state index contributed by atoms with van der Waals surface area (Å²) in [5.74, 6) is 0.940. The number of imidazole rings is 1. The molecular formula is C13H25N3O2. The minimum atomic E-state index is -0.298. The summed E-state index contributed by atoms with van der Waals surface area (Å²) in [4.78, 5) is 4.39. The van der Waals surface area contributed by atoms with E-state index in [-0.39, 0.29) is 12.3 Å². The first-order valence-corrected chi connectivity index (χ1v) is 6.68. The Labute approximate surface area is 109 Å². The third kappa shape index (κ3) is 4.08. The molecule has 0 saturated heterocycles. The van der Waals surface area contributed by atoms with Gasteiger partial charge in [0.25, 0.3) is 0 Å². The van der Waals surface area contributed by atoms with Crippen molar-refractivity contribution in [1.82, 2.24) is 14.9 Å². The molecule has 5 nitrogen and oxygen atoms in total. The van der Waals surface area contributed by atoms with Crippen LogP contribution in [0.3, 0.4) is 0 Å². The SMILES string of the molecule is CCCNC(c1nccn1C)C(OCC)OCC. The fourth-order valence-electron chi connectivity index (χ4n) is 1.85. The third-order valence-corrected chi connectivity index (χ3v) is 2.68. The lowest BCUT2D eigenvalue weighted by Gasteiger charge is -2.27. The van der Waals surface area contributed by atoms with E-state index in [4.69, 9.17) is 9.47 Å². The zero-order valence-corrected chi connectivity index (χ0v) is 11.8. The topological polar surface area (TPSA) is 48.3 Å². The maximum absolute atomic E-state index is 5.68. The number of nitrogens with zero attached hydrogens (tertiary/aromatic N) is 2. The minimum absolute atomic E-state index is 0.0372. The van der Waals surface area contributed by atoms with E-state index in [2.05, 4.69) is 17.2 Å². The number of hydrogen-bond donors (Lipinski definition) is 1. The predicted octanol–water partition coefficient (Wildman–Crippen LogP) is 1.86. The van der Waals surface area contributed by atoms with Gasteiger partial charge < -0.3 is 19.4 Å². The van der Waals surface area contributed by atoms with Crippen molar-refractivity contribution in [1.29, 1.82) is 0 Å². The fraction of sp³-hybridized carbons (Fsp3) is 0.769. The number of hydrogen-bond acceptors (Lipinski definition) is 4. The third-order valence-electron chi connectivity index (χ3n) is 2.68. The Hall–Kier alpha value is -0.910. The second-order valence-corrected chi connectivity index (χ2v) is 4.11. The van der Waals surface area contributed by atoms with Gasteiger partial charge >= 0.3 is 0 Å². The molecule has 0 saturated carbocycles. The molecule has 1 aromatic heterocycles. The normalized spacial score (nSPS) is 13.2. The van der Waals surface area contributed by atoms with Crippen LogP contribution in [0, 0.1) is 0 Å². The molecule has 104 valence electrons. The average Bonchev–Trinajstić information content (AvgIpc) is 2.77. The molecule has 0 aliphatic heterocycles. The Balaban J connectivity index is 2.84. The highest BCUT2D eigenvalue weighted by molar-refractivity contribution is 5.00. The van der Waals surface area contributed by atoms with Gasteiger partial charge in [-0.05, 0) is 26.8 Å². The van der Waals surface area contributed by atoms with Gasteiger partial charge in [0.15, 0.2) is 6.29 Å². The largest absolute Gasteiger partial charge is 0.351 e. The Morgan fingerprint density at radius 3 is 2.39 bits per heavy atom. The van der Waals surface area contributed by atoms with Crippen molar-refractivity contribution >= 4 is 0 Å². The van der Waals surface area contributed by atoms with Crippen molar-refractivity contribution in [2.45, 2.75) is 39.5 Å². The van der Waals surface area contributed by atoms with Crippen molar-refractivity contribution < 1.29 is 9.47 Å². The van der Waals surface area contributed by atoms with Crippen LogP contribution in [0.1, 0.15) is 39.1 Å². The molecule has 1 rings (SSSR count). The van der Waals surface area contributed by atoms with Crippen molar-refractivity contribution in [3.63, 3.8) is 0 Å². The van der Waals surface area contributed by atoms with Crippen LogP contribution in [0.2, 0.25) is 0 Å². The highest BCUT2D eigenvalue weighted by Gasteiger charge is 2.26. The van der Waals surface area contributed by atoms with Crippen LogP contribution < -0.4 is 5.32 Å². The molecule has 1 heterocycles. The molecule has 5 heteroatoms. The van der Waals surface area contributed by atoms with Gasteiger partial charge in [-0.25, -0.2) is 4.98 Å². The van der Waals surface area contributed by atoms with Crippen LogP contribution >= 0.6 is 0 Å². The van der Waals surface area contributed by atoms with Crippen molar-refractivity contribution in [2.24, 2.45) is 7.05 Å². The van der Waals surface area contributed by atoms with E-state index < -0.39 is 0 Å². The number of ether oxygens (including phenoxy) is 2. The van der Waals surface area contributed by atoms with Crippen LogP contribution in [0.25, 0.3) is 0 Å². The smallest absolute Gasteiger partial charge is 0.179 e. The molecule has 0 fully saturated rings. The molecule has 1 atom stereocenters. The Bertz CT molecular complexity index is 322. The van der Waals surface area contributed by atoms with E-state index >= 15 is 0 Å². The molecule has 1 N–H and O–H groups in total. The number of aromatic nitrogens is 2. The van der Waals surface area contributed by atoms with E-state index in [1.165, 1.54) is 0 Å². The van der Waals surface area contributed by atoms with E-state index in [9.17, 15) is 0 Å². The maximum Gasteiger partial charge on any atom is 0.179 e. The Kier molecular flexibility index (Phi) is 6.93. The summed E-state index contributed by atoms with van der Waals surface area (Å²) in [6, 6.07) is -0.0372. The zero-order chi connectivity index (χ0) is 13.4. The van der Waals surface area contributed by atoms with Crippen molar-refractivity contribution in [3.05, 3.63) is 18.2 Å². The summed E-state index contributed by atoms with van der Waals surface area (Å²) < 4.78 is 13.4. The van der Waals surface area contributed by atoms with Gasteiger partial charge in [-0.3, -0.25) is 0 Å². The highest BCUT2D eigenvalue weighted by Crippen LogP contribution is 2.18. The Morgan fingerprint density at radius 2 is 1.94 bits per heavy atom. The lowest BCUT2D eigenvalue weighted by Crippen LogP contribution is -2.38. The van der Waals surface area contributed by atoms with Crippen molar-refractivity contribution in [2.75, 3.05) is 19.8 Å². The summed E-state index contributed by atoms with van der Waals surface area (Å²) in [7, 11) is 1.98. The summed E-state index contributed by atoms with van der Waals surface area (Å²) in [6.07, 6.45) is 4.49. The average molecular weight is 255 g/mol. The molecule has 0 spiro atoms. The van der Waals surface area contributed by atoms with Gasteiger partial charge in [-0.2, -0.15) is 0 Å². The monoisotopic (exact) mass is 255 g/mol. The minimum Gasteiger partial charge on any atom is -0.351 e. The van der Waals surface area contributed by atoms with Gasteiger partial charge in [0.1, 0.15) is 11.9 Å². The predicted molar refractivity (Wildman–Crippen MR) is 71.3 cm³/mol. The van der Waals surface area contributed by atoms with Crippen LogP contribution in [0.4, 0.5) is 0 Å². The van der Waals surface area contributed by atoms with Gasteiger partial charge in [-0.15, -0.1) is 0 Å². The van der Waals surface area contributed by atoms with Gasteiger partial charge in [0, 0.05) is 32.7 Å². The molecule has 0 aliphatic carbocycles. The van der Waals surface area contributed by atoms with E-state index in [1.54, 1.807) is 6.20 Å². The number of rotatable bonds is 9. The molecule has 0 amide bonds. The lowest BCUT2D eigenvalue weighted by atomic mass is 10.2. The maximum atomic E-state index is 5.68. The van der Waals surface area contributed by atoms with Gasteiger partial charge in [0.05, 0.1) is 0 Å². The quantitative estimate of drug-likeness (QED) is 0.684. The van der Waals surface area contributed by atoms with E-state index in [0.717, 1.165) is 18.8 Å². The molecule has 0 aliphatic rings. The summed E-state index contributed by atoms with van der Waals surface area (Å²) in [6.45, 7) is 8.24. The van der Waals surface area contributed by atoms with Crippen LogP contribution in [-0.4, -0.2) is 35.6 Å². The van der Waals surface area contributed by atoms with E-state index in [1.807, 2.05) is 31.7 Å². The fourth-order valence-corrected chi connectivity index (χ4v) is 1.85. The van der Waals surface area contributed by atoms with Gasteiger partial charge in [0.2, 0.25) is 0 Å². The first kappa shape index (κ1) is 15.1. The van der Waals surface area contributed by atoms with Crippen molar-refractivity contribution in [3.8, 4) is 0 Å². The number of aryl methyl sites for hydroxylation is 1. The van der Waals surface area contributed by atoms with Crippen LogP contribution in [0.5, 0.6) is 0 Å². The van der Waals surface area contributed by atoms with E-state index in [0.29, 0.717) is 13.2 Å². The summed E-state index contributed by atoms with van der Waals surface area (Å²) in [5, 5.41) is 3.45. The second-order valence-electron chi connectivity index (χ2n) is 4.11. The lowest BCUT2D eigenvalue weighted by molar-refractivity contribution is -0.156. The van der Waals surface area contributed by atoms with Crippen LogP contribution in [0.15, 0.2) is 12.4 Å².